The van der Waals surface area contributed by atoms with E-state index in [1.54, 1.807) is 6.33 Å². The minimum absolute atomic E-state index is 0.523. The van der Waals surface area contributed by atoms with Crippen molar-refractivity contribution in [3.63, 3.8) is 0 Å². The van der Waals surface area contributed by atoms with Gasteiger partial charge in [0.2, 0.25) is 0 Å². The molecular weight excluding hydrogens is 783 g/mol. The Kier molecular flexibility index (Phi) is 7.05. The Hall–Kier alpha value is -8.99. The van der Waals surface area contributed by atoms with E-state index in [2.05, 4.69) is 166 Å². The monoisotopic (exact) mass is 813 g/mol. The van der Waals surface area contributed by atoms with E-state index in [1.807, 2.05) is 37.1 Å². The first kappa shape index (κ1) is 34.7. The second-order valence-electron chi connectivity index (χ2n) is 16.5. The van der Waals surface area contributed by atoms with Crippen molar-refractivity contribution in [1.82, 2.24) is 29.1 Å². The lowest BCUT2D eigenvalue weighted by molar-refractivity contribution is 1.11. The Morgan fingerprint density at radius 1 is 0.359 bits per heavy atom. The maximum absolute atomic E-state index is 12.3. The van der Waals surface area contributed by atoms with Crippen molar-refractivity contribution >= 4 is 86.8 Å². The summed E-state index contributed by atoms with van der Waals surface area (Å²) in [6.45, 7) is 0. The normalized spacial score (nSPS) is 12.0. The summed E-state index contributed by atoms with van der Waals surface area (Å²) in [7, 11) is 0. The van der Waals surface area contributed by atoms with Gasteiger partial charge in [-0.05, 0) is 45.0 Å². The van der Waals surface area contributed by atoms with Gasteiger partial charge in [0.05, 0.1) is 51.4 Å². The van der Waals surface area contributed by atoms with Gasteiger partial charge in [0, 0.05) is 78.4 Å². The molecule has 0 aliphatic rings. The maximum Gasteiger partial charge on any atom is 0.116 e. The molecule has 0 unspecified atom stereocenters. The van der Waals surface area contributed by atoms with Crippen LogP contribution in [0.1, 0.15) is 5.56 Å². The van der Waals surface area contributed by atoms with Crippen LogP contribution in [0.5, 0.6) is 0 Å². The highest BCUT2D eigenvalue weighted by molar-refractivity contribution is 6.35. The lowest BCUT2D eigenvalue weighted by Gasteiger charge is -2.27. The Morgan fingerprint density at radius 3 is 1.34 bits per heavy atom. The number of fused-ring (bicyclic) bond motifs is 6. The summed E-state index contributed by atoms with van der Waals surface area (Å²) >= 11 is 0. The lowest BCUT2D eigenvalue weighted by Crippen LogP contribution is -2.11. The summed E-state index contributed by atoms with van der Waals surface area (Å²) in [4.78, 5) is 19.3. The molecule has 0 amide bonds. The maximum atomic E-state index is 12.3. The van der Waals surface area contributed by atoms with Crippen LogP contribution in [0.4, 0.5) is 0 Å². The van der Waals surface area contributed by atoms with Gasteiger partial charge in [0.25, 0.3) is 0 Å². The molecule has 0 fully saturated rings. The number of hydrogen-bond acceptors (Lipinski definition) is 5. The molecule has 7 heteroatoms. The fourth-order valence-electron chi connectivity index (χ4n) is 10.9. The summed E-state index contributed by atoms with van der Waals surface area (Å²) in [5.41, 5.74) is 12.6. The van der Waals surface area contributed by atoms with Crippen molar-refractivity contribution in [2.45, 2.75) is 0 Å². The van der Waals surface area contributed by atoms with Gasteiger partial charge in [0.1, 0.15) is 18.0 Å². The molecule has 0 N–H and O–H groups in total. The molecule has 0 spiro atoms. The Morgan fingerprint density at radius 2 is 0.797 bits per heavy atom. The van der Waals surface area contributed by atoms with E-state index in [4.69, 9.17) is 15.0 Å². The van der Waals surface area contributed by atoms with Gasteiger partial charge in [-0.15, -0.1) is 0 Å². The van der Waals surface area contributed by atoms with Crippen LogP contribution in [0, 0.1) is 11.3 Å². The quantitative estimate of drug-likeness (QED) is 0.162. The second-order valence-corrected chi connectivity index (χ2v) is 16.5. The molecule has 0 radical (unpaired) electrons. The predicted octanol–water partition coefficient (Wildman–Crippen LogP) is 13.8. The minimum atomic E-state index is 0.523. The van der Waals surface area contributed by atoms with Crippen molar-refractivity contribution in [2.24, 2.45) is 0 Å². The fourth-order valence-corrected chi connectivity index (χ4v) is 10.9. The molecule has 14 aromatic rings. The van der Waals surface area contributed by atoms with Crippen LogP contribution in [0.15, 0.2) is 189 Å². The SMILES string of the molecule is N#Cc1c(-n2c3cncc4c5ccccc5c5cncc2c5c43)c(-c2ccccc2)c(-c2ccccc2)c(-c2ccccc2)c1-n1c2cccc3c4cncnc4c4cccc1c4c32. The van der Waals surface area contributed by atoms with E-state index in [0.29, 0.717) is 5.56 Å². The average Bonchev–Trinajstić information content (AvgIpc) is 3.89. The summed E-state index contributed by atoms with van der Waals surface area (Å²) < 4.78 is 4.63. The molecule has 294 valence electrons. The highest BCUT2D eigenvalue weighted by Crippen LogP contribution is 2.54. The highest BCUT2D eigenvalue weighted by Gasteiger charge is 2.33. The van der Waals surface area contributed by atoms with Crippen LogP contribution in [0.25, 0.3) is 132 Å². The topological polar surface area (TPSA) is 85.2 Å². The van der Waals surface area contributed by atoms with Crippen LogP contribution in [0.2, 0.25) is 0 Å². The Bertz CT molecular complexity index is 3820. The zero-order chi connectivity index (χ0) is 42.0. The number of hydrogen-bond donors (Lipinski definition) is 0. The summed E-state index contributed by atoms with van der Waals surface area (Å²) in [5.74, 6) is 0. The van der Waals surface area contributed by atoms with Crippen LogP contribution in [-0.2, 0) is 0 Å². The highest BCUT2D eigenvalue weighted by atomic mass is 15.0. The lowest BCUT2D eigenvalue weighted by atomic mass is 9.82. The van der Waals surface area contributed by atoms with Crippen LogP contribution < -0.4 is 0 Å². The van der Waals surface area contributed by atoms with E-state index in [1.165, 1.54) is 0 Å². The van der Waals surface area contributed by atoms with Gasteiger partial charge in [-0.1, -0.05) is 140 Å². The molecule has 0 bridgehead atoms. The van der Waals surface area contributed by atoms with Gasteiger partial charge < -0.3 is 9.13 Å². The average molecular weight is 814 g/mol. The third-order valence-electron chi connectivity index (χ3n) is 13.4. The van der Waals surface area contributed by atoms with E-state index in [9.17, 15) is 5.26 Å². The van der Waals surface area contributed by atoms with Crippen LogP contribution >= 0.6 is 0 Å². The Labute approximate surface area is 365 Å². The molecule has 5 heterocycles. The van der Waals surface area contributed by atoms with Gasteiger partial charge in [-0.3, -0.25) is 9.97 Å². The summed E-state index contributed by atoms with van der Waals surface area (Å²) in [5, 5.41) is 24.1. The van der Waals surface area contributed by atoms with E-state index < -0.39 is 0 Å². The Balaban J connectivity index is 1.30. The molecule has 9 aromatic carbocycles. The predicted molar refractivity (Wildman–Crippen MR) is 260 cm³/mol. The molecule has 64 heavy (non-hydrogen) atoms. The largest absolute Gasteiger partial charge is 0.307 e. The van der Waals surface area contributed by atoms with Gasteiger partial charge in [-0.2, -0.15) is 5.26 Å². The van der Waals surface area contributed by atoms with Gasteiger partial charge in [-0.25, -0.2) is 9.97 Å². The third kappa shape index (κ3) is 4.47. The summed E-state index contributed by atoms with van der Waals surface area (Å²) in [6, 6.07) is 56.1. The number of rotatable bonds is 5. The molecular formula is C57H31N7. The van der Waals surface area contributed by atoms with E-state index in [0.717, 1.165) is 132 Å². The molecule has 0 aliphatic carbocycles. The first-order valence-electron chi connectivity index (χ1n) is 21.3. The fraction of sp³-hybridized carbons (Fsp3) is 0. The van der Waals surface area contributed by atoms with Crippen molar-refractivity contribution in [3.8, 4) is 50.8 Å². The first-order valence-corrected chi connectivity index (χ1v) is 21.3. The van der Waals surface area contributed by atoms with Gasteiger partial charge >= 0.3 is 0 Å². The van der Waals surface area contributed by atoms with E-state index in [-0.39, 0.29) is 0 Å². The molecule has 0 aliphatic heterocycles. The van der Waals surface area contributed by atoms with Crippen LogP contribution in [0.3, 0.4) is 0 Å². The van der Waals surface area contributed by atoms with Crippen molar-refractivity contribution in [2.75, 3.05) is 0 Å². The van der Waals surface area contributed by atoms with E-state index >= 15 is 0 Å². The standard InChI is InChI=1S/C57H31N7/c58-26-40-56(63-44-24-12-22-38-43-29-61-32-62-55(43)39-23-13-25-45(63)52(39)51(38)44)49(34-16-6-2-7-17-34)48(33-14-4-1-5-15-33)50(35-18-8-3-9-19-35)57(40)64-46-30-59-27-41-36-20-10-11-21-37(36)42-28-60-31-47(64)54(42)53(41)46/h1-25,27-32H. The number of aromatic nitrogens is 6. The number of nitrogens with zero attached hydrogens (tertiary/aromatic N) is 7. The smallest absolute Gasteiger partial charge is 0.116 e. The first-order chi connectivity index (χ1) is 31.8. The van der Waals surface area contributed by atoms with Gasteiger partial charge in [0.15, 0.2) is 0 Å². The molecule has 7 nitrogen and oxygen atoms in total. The minimum Gasteiger partial charge on any atom is -0.307 e. The zero-order valence-corrected chi connectivity index (χ0v) is 34.0. The zero-order valence-electron chi connectivity index (χ0n) is 34.0. The van der Waals surface area contributed by atoms with Crippen LogP contribution in [-0.4, -0.2) is 29.1 Å². The molecule has 0 saturated heterocycles. The number of nitriles is 1. The second kappa shape index (κ2) is 13.0. The third-order valence-corrected chi connectivity index (χ3v) is 13.4. The molecule has 5 aromatic heterocycles. The molecule has 14 rings (SSSR count). The molecule has 0 saturated carbocycles. The van der Waals surface area contributed by atoms with Crippen molar-refractivity contribution in [1.29, 1.82) is 5.26 Å². The van der Waals surface area contributed by atoms with Crippen molar-refractivity contribution < 1.29 is 0 Å². The number of benzene rings is 9. The summed E-state index contributed by atoms with van der Waals surface area (Å²) in [6.07, 6.45) is 11.4. The number of pyridine rings is 2. The molecule has 0 atom stereocenters. The van der Waals surface area contributed by atoms with Crippen molar-refractivity contribution in [3.05, 3.63) is 195 Å².